The lowest BCUT2D eigenvalue weighted by atomic mass is 9.86. The average Bonchev–Trinajstić information content (AvgIpc) is 2.75. The first-order valence-electron chi connectivity index (χ1n) is 10.7. The lowest BCUT2D eigenvalue weighted by molar-refractivity contribution is 0.320. The Morgan fingerprint density at radius 3 is 2.93 bits per heavy atom. The third kappa shape index (κ3) is 5.62. The molecule has 0 saturated carbocycles. The normalized spacial score (nSPS) is 21.5. The van der Waals surface area contributed by atoms with Crippen molar-refractivity contribution in [2.24, 2.45) is 10.9 Å². The number of aliphatic imine (C=N–C) groups is 1. The molecule has 154 valence electrons. The first-order valence-corrected chi connectivity index (χ1v) is 10.7. The summed E-state index contributed by atoms with van der Waals surface area (Å²) in [6.07, 6.45) is 9.47. The van der Waals surface area contributed by atoms with E-state index in [1.165, 1.54) is 11.6 Å². The Kier molecular flexibility index (Phi) is 7.74. The summed E-state index contributed by atoms with van der Waals surface area (Å²) >= 11 is 0. The van der Waals surface area contributed by atoms with Gasteiger partial charge >= 0.3 is 0 Å². The summed E-state index contributed by atoms with van der Waals surface area (Å²) in [5.74, 6) is 0.00269. The Hall–Kier alpha value is -2.29. The van der Waals surface area contributed by atoms with Gasteiger partial charge in [0, 0.05) is 36.3 Å². The molecule has 0 radical (unpaired) electrons. The topological polar surface area (TPSA) is 60.2 Å². The van der Waals surface area contributed by atoms with Gasteiger partial charge in [0.05, 0.1) is 12.5 Å². The van der Waals surface area contributed by atoms with Gasteiger partial charge in [-0.05, 0) is 74.2 Å². The SMILES string of the molecule is CC/C(=C\C1=CC=NCC1C(C)NC1CCNCC1)c1ccc(F)c(CC#N)c1. The number of nitrogens with zero attached hydrogens (tertiary/aromatic N) is 2. The second kappa shape index (κ2) is 10.5. The molecule has 0 bridgehead atoms. The van der Waals surface area contributed by atoms with Crippen LogP contribution < -0.4 is 10.6 Å². The van der Waals surface area contributed by atoms with Crippen molar-refractivity contribution < 1.29 is 4.39 Å². The Morgan fingerprint density at radius 1 is 1.41 bits per heavy atom. The predicted octanol–water partition coefficient (Wildman–Crippen LogP) is 4.04. The third-order valence-corrected chi connectivity index (χ3v) is 5.95. The van der Waals surface area contributed by atoms with E-state index in [0.29, 0.717) is 23.6 Å². The fourth-order valence-corrected chi connectivity index (χ4v) is 4.21. The van der Waals surface area contributed by atoms with Gasteiger partial charge in [0.25, 0.3) is 0 Å². The smallest absolute Gasteiger partial charge is 0.127 e. The molecule has 3 rings (SSSR count). The number of allylic oxidation sites excluding steroid dienone is 3. The van der Waals surface area contributed by atoms with Crippen molar-refractivity contribution in [2.45, 2.75) is 51.6 Å². The van der Waals surface area contributed by atoms with Gasteiger partial charge in [-0.25, -0.2) is 4.39 Å². The summed E-state index contributed by atoms with van der Waals surface area (Å²) in [5.41, 5.74) is 3.86. The molecule has 4 nitrogen and oxygen atoms in total. The van der Waals surface area contributed by atoms with Gasteiger partial charge in [-0.2, -0.15) is 5.26 Å². The van der Waals surface area contributed by atoms with Crippen molar-refractivity contribution >= 4 is 11.8 Å². The summed E-state index contributed by atoms with van der Waals surface area (Å²) in [5, 5.41) is 16.2. The maximum Gasteiger partial charge on any atom is 0.127 e. The molecule has 0 aliphatic carbocycles. The molecular formula is C24H31FN4. The number of piperidine rings is 1. The maximum absolute atomic E-state index is 14.0. The summed E-state index contributed by atoms with van der Waals surface area (Å²) in [6.45, 7) is 7.30. The van der Waals surface area contributed by atoms with Crippen LogP contribution in [0.2, 0.25) is 0 Å². The number of dihydropyridines is 1. The van der Waals surface area contributed by atoms with Gasteiger partial charge in [-0.3, -0.25) is 4.99 Å². The molecule has 0 spiro atoms. The van der Waals surface area contributed by atoms with Gasteiger partial charge in [0.2, 0.25) is 0 Å². The minimum atomic E-state index is -0.313. The third-order valence-electron chi connectivity index (χ3n) is 5.95. The van der Waals surface area contributed by atoms with Crippen LogP contribution in [0.25, 0.3) is 5.57 Å². The second-order valence-electron chi connectivity index (χ2n) is 7.93. The molecule has 2 aliphatic heterocycles. The molecule has 1 aromatic carbocycles. The number of hydrogen-bond acceptors (Lipinski definition) is 4. The van der Waals surface area contributed by atoms with Crippen LogP contribution in [-0.2, 0) is 6.42 Å². The van der Waals surface area contributed by atoms with E-state index in [4.69, 9.17) is 5.26 Å². The second-order valence-corrected chi connectivity index (χ2v) is 7.93. The van der Waals surface area contributed by atoms with E-state index in [2.05, 4.69) is 47.7 Å². The zero-order chi connectivity index (χ0) is 20.6. The van der Waals surface area contributed by atoms with Crippen LogP contribution in [0.5, 0.6) is 0 Å². The first kappa shape index (κ1) is 21.4. The summed E-state index contributed by atoms with van der Waals surface area (Å²) in [7, 11) is 0. The van der Waals surface area contributed by atoms with Crippen LogP contribution in [0.4, 0.5) is 4.39 Å². The molecule has 2 unspecified atom stereocenters. The number of halogens is 1. The van der Waals surface area contributed by atoms with Crippen molar-refractivity contribution in [1.82, 2.24) is 10.6 Å². The van der Waals surface area contributed by atoms with Gasteiger partial charge in [0.15, 0.2) is 0 Å². The molecule has 0 amide bonds. The quantitative estimate of drug-likeness (QED) is 0.734. The van der Waals surface area contributed by atoms with Crippen molar-refractivity contribution in [3.63, 3.8) is 0 Å². The molecule has 2 aliphatic rings. The number of nitriles is 1. The number of benzene rings is 1. The van der Waals surface area contributed by atoms with E-state index in [0.717, 1.165) is 50.0 Å². The van der Waals surface area contributed by atoms with Crippen LogP contribution >= 0.6 is 0 Å². The highest BCUT2D eigenvalue weighted by molar-refractivity contribution is 5.77. The summed E-state index contributed by atoms with van der Waals surface area (Å²) in [6, 6.07) is 8.04. The zero-order valence-corrected chi connectivity index (χ0v) is 17.4. The van der Waals surface area contributed by atoms with E-state index in [9.17, 15) is 4.39 Å². The van der Waals surface area contributed by atoms with Gasteiger partial charge in [0.1, 0.15) is 5.82 Å². The first-order chi connectivity index (χ1) is 14.1. The van der Waals surface area contributed by atoms with Crippen LogP contribution in [0.15, 0.2) is 40.9 Å². The van der Waals surface area contributed by atoms with E-state index < -0.39 is 0 Å². The van der Waals surface area contributed by atoms with Crippen molar-refractivity contribution in [3.05, 3.63) is 52.9 Å². The highest BCUT2D eigenvalue weighted by Gasteiger charge is 2.25. The minimum absolute atomic E-state index is 0.0891. The fourth-order valence-electron chi connectivity index (χ4n) is 4.21. The van der Waals surface area contributed by atoms with E-state index in [-0.39, 0.29) is 12.2 Å². The maximum atomic E-state index is 14.0. The van der Waals surface area contributed by atoms with Crippen LogP contribution in [0.3, 0.4) is 0 Å². The molecule has 1 fully saturated rings. The molecule has 29 heavy (non-hydrogen) atoms. The fraction of sp³-hybridized carbons (Fsp3) is 0.500. The van der Waals surface area contributed by atoms with E-state index >= 15 is 0 Å². The summed E-state index contributed by atoms with van der Waals surface area (Å²) in [4.78, 5) is 4.51. The molecule has 2 N–H and O–H groups in total. The minimum Gasteiger partial charge on any atom is -0.317 e. The van der Waals surface area contributed by atoms with Gasteiger partial charge in [-0.15, -0.1) is 0 Å². The van der Waals surface area contributed by atoms with Crippen LogP contribution in [-0.4, -0.2) is 37.9 Å². The monoisotopic (exact) mass is 394 g/mol. The van der Waals surface area contributed by atoms with Crippen LogP contribution in [0.1, 0.15) is 44.2 Å². The average molecular weight is 395 g/mol. The zero-order valence-electron chi connectivity index (χ0n) is 17.4. The molecule has 1 saturated heterocycles. The lowest BCUT2D eigenvalue weighted by Gasteiger charge is -2.32. The molecule has 0 aromatic heterocycles. The van der Waals surface area contributed by atoms with E-state index in [1.54, 1.807) is 0 Å². The highest BCUT2D eigenvalue weighted by Crippen LogP contribution is 2.28. The van der Waals surface area contributed by atoms with Gasteiger partial charge in [-0.1, -0.05) is 19.1 Å². The number of hydrogen-bond donors (Lipinski definition) is 2. The summed E-state index contributed by atoms with van der Waals surface area (Å²) < 4.78 is 14.0. The lowest BCUT2D eigenvalue weighted by Crippen LogP contribution is -2.47. The molecule has 5 heteroatoms. The predicted molar refractivity (Wildman–Crippen MR) is 117 cm³/mol. The largest absolute Gasteiger partial charge is 0.317 e. The molecule has 2 heterocycles. The van der Waals surface area contributed by atoms with Crippen molar-refractivity contribution in [1.29, 1.82) is 5.26 Å². The van der Waals surface area contributed by atoms with Crippen molar-refractivity contribution in [3.8, 4) is 6.07 Å². The molecule has 1 aromatic rings. The van der Waals surface area contributed by atoms with Crippen molar-refractivity contribution in [2.75, 3.05) is 19.6 Å². The Bertz CT molecular complexity index is 828. The van der Waals surface area contributed by atoms with E-state index in [1.807, 2.05) is 18.3 Å². The molecular weight excluding hydrogens is 363 g/mol. The standard InChI is InChI=1S/C24H31FN4/c1-3-18(19-4-5-24(25)21(15-19)6-10-26)14-20-7-11-28-16-23(20)17(2)29-22-8-12-27-13-9-22/h4-5,7,11,14-15,17,22-23,27,29H,3,6,8-9,12-13,16H2,1-2H3/b18-14+. The molecule has 2 atom stereocenters. The highest BCUT2D eigenvalue weighted by atomic mass is 19.1. The Morgan fingerprint density at radius 2 is 2.21 bits per heavy atom. The Labute approximate surface area is 173 Å². The van der Waals surface area contributed by atoms with Gasteiger partial charge < -0.3 is 10.6 Å². The number of rotatable bonds is 7. The van der Waals surface area contributed by atoms with Crippen LogP contribution in [0, 0.1) is 23.1 Å². The number of nitrogens with one attached hydrogen (secondary N) is 2. The Balaban J connectivity index is 1.80.